The molecule has 5 nitrogen and oxygen atoms in total. The van der Waals surface area contributed by atoms with E-state index in [4.69, 9.17) is 0 Å². The van der Waals surface area contributed by atoms with Gasteiger partial charge in [0.05, 0.1) is 0 Å². The minimum atomic E-state index is -2.43. The van der Waals surface area contributed by atoms with Crippen LogP contribution in [-0.2, 0) is 4.79 Å². The normalized spacial score (nSPS) is 19.3. The topological polar surface area (TPSA) is 75.3 Å². The van der Waals surface area contributed by atoms with Crippen molar-refractivity contribution in [2.45, 2.75) is 24.9 Å². The van der Waals surface area contributed by atoms with Crippen LogP contribution in [0.25, 0.3) is 5.70 Å². The molecule has 0 fully saturated rings. The first-order valence-electron chi connectivity index (χ1n) is 8.19. The highest BCUT2D eigenvalue weighted by Gasteiger charge is 2.58. The summed E-state index contributed by atoms with van der Waals surface area (Å²) in [5.41, 5.74) is -1.68. The predicted molar refractivity (Wildman–Crippen MR) is 88.8 cm³/mol. The van der Waals surface area contributed by atoms with Crippen LogP contribution in [0.15, 0.2) is 60.4 Å². The number of aliphatic hydroxyl groups is 1. The van der Waals surface area contributed by atoms with Crippen LogP contribution < -0.4 is 4.57 Å². The molecule has 0 amide bonds. The number of rotatable bonds is 2. The lowest BCUT2D eigenvalue weighted by atomic mass is 9.79. The van der Waals surface area contributed by atoms with Gasteiger partial charge in [-0.1, -0.05) is 30.3 Å². The zero-order chi connectivity index (χ0) is 17.6. The summed E-state index contributed by atoms with van der Waals surface area (Å²) in [6.45, 7) is 0. The number of benzene rings is 1. The summed E-state index contributed by atoms with van der Waals surface area (Å²) < 4.78 is 1.70. The molecular weight excluding hydrogens is 318 g/mol. The Morgan fingerprint density at radius 1 is 0.840 bits per heavy atom. The largest absolute Gasteiger partial charge is 0.370 e. The van der Waals surface area contributed by atoms with Crippen molar-refractivity contribution in [2.24, 2.45) is 0 Å². The quantitative estimate of drug-likeness (QED) is 0.671. The fourth-order valence-corrected chi connectivity index (χ4v) is 3.67. The van der Waals surface area contributed by atoms with Gasteiger partial charge in [0.1, 0.15) is 5.57 Å². The number of carbonyl (C=O) groups is 3. The van der Waals surface area contributed by atoms with Crippen LogP contribution >= 0.6 is 0 Å². The molecule has 0 aliphatic heterocycles. The van der Waals surface area contributed by atoms with Crippen molar-refractivity contribution in [3.05, 3.63) is 71.6 Å². The lowest BCUT2D eigenvalue weighted by molar-refractivity contribution is -0.584. The molecule has 2 aliphatic carbocycles. The maximum atomic E-state index is 12.9. The first-order chi connectivity index (χ1) is 12.0. The van der Waals surface area contributed by atoms with Gasteiger partial charge < -0.3 is 5.11 Å². The average molecular weight is 334 g/mol. The van der Waals surface area contributed by atoms with Crippen molar-refractivity contribution >= 4 is 23.0 Å². The number of allylic oxidation sites excluding steroid dienone is 1. The zero-order valence-electron chi connectivity index (χ0n) is 13.4. The fourth-order valence-electron chi connectivity index (χ4n) is 3.67. The van der Waals surface area contributed by atoms with Gasteiger partial charge in [-0.3, -0.25) is 14.4 Å². The molecule has 124 valence electrons. The maximum Gasteiger partial charge on any atom is 0.226 e. The Labute approximate surface area is 144 Å². The van der Waals surface area contributed by atoms with E-state index in [1.165, 1.54) is 12.1 Å². The highest BCUT2D eigenvalue weighted by atomic mass is 16.3. The van der Waals surface area contributed by atoms with Crippen molar-refractivity contribution in [1.29, 1.82) is 0 Å². The summed E-state index contributed by atoms with van der Waals surface area (Å²) in [6, 6.07) is 11.7. The van der Waals surface area contributed by atoms with Crippen molar-refractivity contribution in [3.8, 4) is 0 Å². The van der Waals surface area contributed by atoms with Crippen LogP contribution in [0.1, 0.15) is 40.0 Å². The van der Waals surface area contributed by atoms with Crippen LogP contribution in [0.5, 0.6) is 0 Å². The van der Waals surface area contributed by atoms with Gasteiger partial charge in [0, 0.05) is 36.1 Å². The number of hydrogen-bond donors (Lipinski definition) is 1. The van der Waals surface area contributed by atoms with E-state index in [1.54, 1.807) is 41.2 Å². The van der Waals surface area contributed by atoms with E-state index in [9.17, 15) is 19.5 Å². The molecule has 25 heavy (non-hydrogen) atoms. The molecule has 1 aromatic heterocycles. The first-order valence-corrected chi connectivity index (χ1v) is 8.19. The second kappa shape index (κ2) is 5.57. The van der Waals surface area contributed by atoms with Gasteiger partial charge >= 0.3 is 0 Å². The second-order valence-electron chi connectivity index (χ2n) is 6.30. The number of pyridine rings is 1. The molecule has 0 bridgehead atoms. The number of fused-ring (bicyclic) bond motifs is 1. The van der Waals surface area contributed by atoms with E-state index in [0.29, 0.717) is 18.5 Å². The standard InChI is InChI=1S/C20H16NO4/c22-16-10-6-9-15(21-11-4-1-5-12-21)17(16)20(25)18(23)13-7-2-3-8-14(13)19(20)24/h1-5,7-8,11-12,25H,6,9-10H2/q+1. The number of nitrogens with zero attached hydrogens (tertiary/aromatic N) is 1. The molecule has 4 rings (SSSR count). The van der Waals surface area contributed by atoms with Gasteiger partial charge in [-0.05, 0) is 6.42 Å². The van der Waals surface area contributed by atoms with Crippen molar-refractivity contribution in [3.63, 3.8) is 0 Å². The third kappa shape index (κ3) is 2.13. The molecule has 2 aliphatic rings. The Morgan fingerprint density at radius 3 is 2.04 bits per heavy atom. The molecule has 5 heteroatoms. The Balaban J connectivity index is 1.97. The van der Waals surface area contributed by atoms with Crippen LogP contribution in [0.3, 0.4) is 0 Å². The van der Waals surface area contributed by atoms with E-state index >= 15 is 0 Å². The van der Waals surface area contributed by atoms with Crippen LogP contribution in [-0.4, -0.2) is 28.1 Å². The highest BCUT2D eigenvalue weighted by molar-refractivity contribution is 6.37. The molecule has 1 aromatic carbocycles. The number of aromatic nitrogens is 1. The van der Waals surface area contributed by atoms with Crippen molar-refractivity contribution in [2.75, 3.05) is 0 Å². The van der Waals surface area contributed by atoms with E-state index in [1.807, 2.05) is 6.07 Å². The summed E-state index contributed by atoms with van der Waals surface area (Å²) >= 11 is 0. The summed E-state index contributed by atoms with van der Waals surface area (Å²) in [6.07, 6.45) is 4.83. The summed E-state index contributed by atoms with van der Waals surface area (Å²) in [4.78, 5) is 38.4. The Morgan fingerprint density at radius 2 is 1.44 bits per heavy atom. The summed E-state index contributed by atoms with van der Waals surface area (Å²) in [5, 5.41) is 11.2. The Bertz CT molecular complexity index is 908. The van der Waals surface area contributed by atoms with Gasteiger partial charge in [-0.15, -0.1) is 0 Å². The average Bonchev–Trinajstić information content (AvgIpc) is 2.85. The summed E-state index contributed by atoms with van der Waals surface area (Å²) in [5.74, 6) is -1.78. The third-order valence-corrected chi connectivity index (χ3v) is 4.85. The molecule has 0 saturated heterocycles. The van der Waals surface area contributed by atoms with Gasteiger partial charge in [-0.2, -0.15) is 4.57 Å². The fraction of sp³-hybridized carbons (Fsp3) is 0.200. The van der Waals surface area contributed by atoms with Crippen molar-refractivity contribution in [1.82, 2.24) is 0 Å². The molecule has 0 unspecified atom stereocenters. The smallest absolute Gasteiger partial charge is 0.226 e. The zero-order valence-corrected chi connectivity index (χ0v) is 13.4. The minimum absolute atomic E-state index is 0.0823. The Kier molecular flexibility index (Phi) is 3.47. The van der Waals surface area contributed by atoms with Gasteiger partial charge in [-0.25, -0.2) is 0 Å². The predicted octanol–water partition coefficient (Wildman–Crippen LogP) is 1.75. The van der Waals surface area contributed by atoms with Crippen molar-refractivity contribution < 1.29 is 24.1 Å². The molecule has 0 saturated carbocycles. The number of Topliss-reactive ketones (excluding diaryl/α,β-unsaturated/α-hetero) is 3. The van der Waals surface area contributed by atoms with Crippen LogP contribution in [0, 0.1) is 0 Å². The minimum Gasteiger partial charge on any atom is -0.370 e. The lowest BCUT2D eigenvalue weighted by Gasteiger charge is -2.25. The molecule has 0 spiro atoms. The van der Waals surface area contributed by atoms with Crippen LogP contribution in [0.2, 0.25) is 0 Å². The second-order valence-corrected chi connectivity index (χ2v) is 6.30. The monoisotopic (exact) mass is 334 g/mol. The van der Waals surface area contributed by atoms with E-state index < -0.39 is 17.2 Å². The van der Waals surface area contributed by atoms with Gasteiger partial charge in [0.15, 0.2) is 23.9 Å². The molecule has 1 heterocycles. The van der Waals surface area contributed by atoms with E-state index in [2.05, 4.69) is 0 Å². The molecule has 2 aromatic rings. The maximum absolute atomic E-state index is 12.9. The lowest BCUT2D eigenvalue weighted by Crippen LogP contribution is -2.50. The molecule has 0 atom stereocenters. The number of hydrogen-bond acceptors (Lipinski definition) is 4. The van der Waals surface area contributed by atoms with Gasteiger partial charge in [0.25, 0.3) is 0 Å². The van der Waals surface area contributed by atoms with E-state index in [0.717, 1.165) is 0 Å². The SMILES string of the molecule is O=C1CCCC([n+]2ccccc2)=C1C1(O)C(=O)c2ccccc2C1=O. The molecule has 0 radical (unpaired) electrons. The Hall–Kier alpha value is -2.92. The molecular formula is C20H16NO4+. The van der Waals surface area contributed by atoms with Gasteiger partial charge in [0.2, 0.25) is 17.2 Å². The highest BCUT2D eigenvalue weighted by Crippen LogP contribution is 2.40. The van der Waals surface area contributed by atoms with Crippen LogP contribution in [0.4, 0.5) is 0 Å². The molecule has 1 N–H and O–H groups in total. The first kappa shape index (κ1) is 15.6. The third-order valence-electron chi connectivity index (χ3n) is 4.85. The number of carbonyl (C=O) groups excluding carboxylic acids is 3. The van der Waals surface area contributed by atoms with E-state index in [-0.39, 0.29) is 28.9 Å². The summed E-state index contributed by atoms with van der Waals surface area (Å²) in [7, 11) is 0. The number of ketones is 3.